The standard InChI is InChI=1S/C59H86N5O8P/c1-42(2)19-15-20-45(7)21-16-22-46(8)23-17-24-47(9)39-56(65)61-55-35-37-63(58(66)62-55)57-40-53(72-73(67,38-18-36-60)64(43(3)4)44(5)6)54(71-57)41-70-59(48-25-13-12-14-26-48,49-27-31-51(68-10)32-28-49)50-29-33-52(69-11)34-30-50/h12-14,25-35,37,42-47,53-54,57,67H,15-24,38-41H2,1-11H3/p+1/t45?,46?,47?,53-,54+,57+,73?/m0/s1. The normalized spacial score (nSPS) is 18.2. The van der Waals surface area contributed by atoms with E-state index in [9.17, 15) is 19.7 Å². The first kappa shape index (κ1) is 59.2. The number of nitrogens with zero attached hydrogens (tertiary/aromatic N) is 4. The van der Waals surface area contributed by atoms with E-state index in [0.29, 0.717) is 23.8 Å². The molecule has 1 aromatic heterocycles. The first-order valence-corrected chi connectivity index (χ1v) is 28.7. The highest BCUT2D eigenvalue weighted by atomic mass is 31.2. The second kappa shape index (κ2) is 28.9. The molecule has 0 spiro atoms. The van der Waals surface area contributed by atoms with Gasteiger partial charge in [-0.05, 0) is 98.4 Å². The first-order valence-electron chi connectivity index (χ1n) is 26.9. The van der Waals surface area contributed by atoms with Gasteiger partial charge in [0, 0.05) is 31.1 Å². The number of rotatable bonds is 31. The fourth-order valence-electron chi connectivity index (χ4n) is 10.5. The van der Waals surface area contributed by atoms with Gasteiger partial charge in [0.1, 0.15) is 47.5 Å². The van der Waals surface area contributed by atoms with Gasteiger partial charge in [-0.25, -0.2) is 9.69 Å². The predicted octanol–water partition coefficient (Wildman–Crippen LogP) is 13.1. The number of carbonyl (C=O) groups is 1. The Kier molecular flexibility index (Phi) is 23.4. The Hall–Kier alpha value is -4.67. The van der Waals surface area contributed by atoms with Crippen molar-refractivity contribution >= 4 is 19.6 Å². The fourth-order valence-corrected chi connectivity index (χ4v) is 13.4. The zero-order chi connectivity index (χ0) is 53.1. The summed E-state index contributed by atoms with van der Waals surface area (Å²) in [6.07, 6.45) is 10.8. The Bertz CT molecular complexity index is 2300. The molecule has 4 unspecified atom stereocenters. The van der Waals surface area contributed by atoms with E-state index < -0.39 is 37.6 Å². The minimum atomic E-state index is -3.45. The molecule has 2 heterocycles. The van der Waals surface area contributed by atoms with Crippen molar-refractivity contribution in [2.24, 2.45) is 23.7 Å². The Balaban J connectivity index is 1.35. The molecular weight excluding hydrogens is 938 g/mol. The molecule has 1 saturated heterocycles. The average Bonchev–Trinajstić information content (AvgIpc) is 3.74. The molecule has 0 aliphatic carbocycles. The maximum Gasteiger partial charge on any atom is 0.351 e. The molecule has 1 fully saturated rings. The van der Waals surface area contributed by atoms with E-state index in [1.54, 1.807) is 26.5 Å². The molecule has 7 atom stereocenters. The molecule has 73 heavy (non-hydrogen) atoms. The number of anilines is 1. The highest BCUT2D eigenvalue weighted by Gasteiger charge is 2.54. The number of methoxy groups -OCH3 is 2. The van der Waals surface area contributed by atoms with Crippen molar-refractivity contribution in [1.29, 1.82) is 5.26 Å². The van der Waals surface area contributed by atoms with Crippen LogP contribution < -0.4 is 20.5 Å². The van der Waals surface area contributed by atoms with Crippen LogP contribution in [0.15, 0.2) is 95.9 Å². The number of nitrogens with one attached hydrogen (secondary N) is 1. The molecule has 0 radical (unpaired) electrons. The van der Waals surface area contributed by atoms with Gasteiger partial charge in [-0.15, -0.1) is 4.67 Å². The number of hydrogen-bond donors (Lipinski definition) is 2. The van der Waals surface area contributed by atoms with Crippen molar-refractivity contribution in [3.05, 3.63) is 118 Å². The van der Waals surface area contributed by atoms with Crippen molar-refractivity contribution in [1.82, 2.24) is 14.2 Å². The van der Waals surface area contributed by atoms with Crippen LogP contribution in [0.2, 0.25) is 0 Å². The van der Waals surface area contributed by atoms with Gasteiger partial charge in [0.2, 0.25) is 5.91 Å². The minimum Gasteiger partial charge on any atom is -0.497 e. The van der Waals surface area contributed by atoms with Crippen LogP contribution in [0.4, 0.5) is 5.82 Å². The summed E-state index contributed by atoms with van der Waals surface area (Å²) in [7, 11) is -0.195. The lowest BCUT2D eigenvalue weighted by molar-refractivity contribution is -0.117. The first-order chi connectivity index (χ1) is 34.9. The van der Waals surface area contributed by atoms with Gasteiger partial charge >= 0.3 is 13.6 Å². The highest BCUT2D eigenvalue weighted by Crippen LogP contribution is 2.63. The maximum atomic E-state index is 14.0. The van der Waals surface area contributed by atoms with Gasteiger partial charge in [0.25, 0.3) is 0 Å². The lowest BCUT2D eigenvalue weighted by Crippen LogP contribution is -2.42. The Labute approximate surface area is 437 Å². The number of nitriles is 1. The van der Waals surface area contributed by atoms with Crippen molar-refractivity contribution in [3.8, 4) is 17.6 Å². The smallest absolute Gasteiger partial charge is 0.351 e. The molecule has 1 amide bonds. The minimum absolute atomic E-state index is 0.0406. The van der Waals surface area contributed by atoms with Crippen molar-refractivity contribution in [2.45, 2.75) is 175 Å². The predicted molar refractivity (Wildman–Crippen MR) is 294 cm³/mol. The van der Waals surface area contributed by atoms with Crippen LogP contribution in [-0.2, 0) is 24.4 Å². The number of amides is 1. The maximum absolute atomic E-state index is 14.0. The molecule has 0 saturated carbocycles. The number of benzene rings is 3. The lowest BCUT2D eigenvalue weighted by atomic mass is 9.80. The molecule has 13 nitrogen and oxygen atoms in total. The van der Waals surface area contributed by atoms with Gasteiger partial charge in [-0.1, -0.05) is 147 Å². The number of ether oxygens (including phenoxy) is 4. The summed E-state index contributed by atoms with van der Waals surface area (Å²) in [5.74, 6) is 3.78. The molecule has 1 aliphatic rings. The number of carbonyl (C=O) groups excluding carboxylic acids is 1. The average molecular weight is 1030 g/mol. The molecule has 4 aromatic rings. The van der Waals surface area contributed by atoms with Crippen LogP contribution in [0.25, 0.3) is 0 Å². The fraction of sp³-hybridized carbons (Fsp3) is 0.593. The van der Waals surface area contributed by atoms with Crippen LogP contribution >= 0.6 is 7.87 Å². The molecule has 1 aliphatic heterocycles. The van der Waals surface area contributed by atoms with Crippen LogP contribution in [0.3, 0.4) is 0 Å². The summed E-state index contributed by atoms with van der Waals surface area (Å²) in [6.45, 7) is 19.4. The zero-order valence-electron chi connectivity index (χ0n) is 45.8. The van der Waals surface area contributed by atoms with Gasteiger partial charge in [-0.2, -0.15) is 14.8 Å². The van der Waals surface area contributed by atoms with E-state index in [4.69, 9.17) is 23.5 Å². The number of aromatic nitrogens is 2. The van der Waals surface area contributed by atoms with Crippen LogP contribution in [-0.4, -0.2) is 76.3 Å². The molecule has 2 N–H and O–H groups in total. The molecular formula is C59H87N5O8P+. The highest BCUT2D eigenvalue weighted by molar-refractivity contribution is 7.63. The molecule has 400 valence electrons. The Morgan fingerprint density at radius 2 is 1.32 bits per heavy atom. The van der Waals surface area contributed by atoms with E-state index in [0.717, 1.165) is 47.8 Å². The molecule has 14 heteroatoms. The van der Waals surface area contributed by atoms with Gasteiger partial charge in [0.05, 0.1) is 33.3 Å². The third-order valence-corrected chi connectivity index (χ3v) is 17.3. The summed E-state index contributed by atoms with van der Waals surface area (Å²) in [6, 6.07) is 29.0. The van der Waals surface area contributed by atoms with Crippen molar-refractivity contribution in [2.75, 3.05) is 32.3 Å². The molecule has 5 rings (SSSR count). The molecule has 0 bridgehead atoms. The second-order valence-corrected chi connectivity index (χ2v) is 23.9. The van der Waals surface area contributed by atoms with E-state index in [-0.39, 0.29) is 55.3 Å². The zero-order valence-corrected chi connectivity index (χ0v) is 46.7. The Morgan fingerprint density at radius 3 is 1.81 bits per heavy atom. The monoisotopic (exact) mass is 1020 g/mol. The lowest BCUT2D eigenvalue weighted by Gasteiger charge is -2.38. The largest absolute Gasteiger partial charge is 0.497 e. The van der Waals surface area contributed by atoms with Gasteiger partial charge < -0.3 is 24.3 Å². The Morgan fingerprint density at radius 1 is 0.795 bits per heavy atom. The van der Waals surface area contributed by atoms with Crippen molar-refractivity contribution in [3.63, 3.8) is 0 Å². The quantitative estimate of drug-likeness (QED) is 0.0365. The van der Waals surface area contributed by atoms with Gasteiger partial charge in [-0.3, -0.25) is 9.36 Å². The topological polar surface area (TPSA) is 157 Å². The summed E-state index contributed by atoms with van der Waals surface area (Å²) >= 11 is 0. The van der Waals surface area contributed by atoms with Crippen LogP contribution in [0, 0.1) is 35.0 Å². The second-order valence-electron chi connectivity index (χ2n) is 21.4. The SMILES string of the molecule is COc1ccc(C(OC[C@H]2O[C@@H](n3ccc(NC(=O)CC(C)CCCC(C)CCCC(C)CCCC(C)C)nc3=O)C[C@@H]2O[P+](O)(CCC#N)N(C(C)C)C(C)C)(c2ccccc2)c2ccc(OC)cc2)cc1. The van der Waals surface area contributed by atoms with Gasteiger partial charge in [0.15, 0.2) is 0 Å². The summed E-state index contributed by atoms with van der Waals surface area (Å²) in [5.41, 5.74) is 0.689. The molecule has 3 aromatic carbocycles. The summed E-state index contributed by atoms with van der Waals surface area (Å²) < 4.78 is 35.6. The number of hydrogen-bond acceptors (Lipinski definition) is 11. The van der Waals surface area contributed by atoms with E-state index >= 15 is 0 Å². The van der Waals surface area contributed by atoms with Crippen LogP contribution in [0.5, 0.6) is 11.5 Å². The summed E-state index contributed by atoms with van der Waals surface area (Å²) in [5, 5.41) is 12.6. The van der Waals surface area contributed by atoms with E-state index in [1.165, 1.54) is 43.1 Å². The van der Waals surface area contributed by atoms with Crippen LogP contribution in [0.1, 0.15) is 162 Å². The van der Waals surface area contributed by atoms with Crippen molar-refractivity contribution < 1.29 is 33.2 Å². The summed E-state index contributed by atoms with van der Waals surface area (Å²) in [4.78, 5) is 44.2. The third-order valence-electron chi connectivity index (χ3n) is 14.3. The van der Waals surface area contributed by atoms with E-state index in [2.05, 4.69) is 51.0 Å². The third kappa shape index (κ3) is 16.9. The van der Waals surface area contributed by atoms with E-state index in [1.807, 2.05) is 111 Å².